The normalized spacial score (nSPS) is 10.1. The highest BCUT2D eigenvalue weighted by Crippen LogP contribution is 2.25. The molecule has 12 heavy (non-hydrogen) atoms. The first-order valence-electron chi connectivity index (χ1n) is 3.89. The molecule has 2 nitrogen and oxygen atoms in total. The molecule has 0 bridgehead atoms. The number of hydrogen-bond donors (Lipinski definition) is 1. The minimum atomic E-state index is 0.730. The van der Waals surface area contributed by atoms with Crippen LogP contribution in [0.4, 0.5) is 0 Å². The minimum absolute atomic E-state index is 0.730. The highest BCUT2D eigenvalue weighted by molar-refractivity contribution is 6.32. The number of aromatic nitrogens is 2. The quantitative estimate of drug-likeness (QED) is 0.714. The lowest BCUT2D eigenvalue weighted by Crippen LogP contribution is -1.83. The summed E-state index contributed by atoms with van der Waals surface area (Å²) in [6, 6.07) is 0. The molecular weight excluding hydrogens is 172 g/mol. The van der Waals surface area contributed by atoms with Crippen LogP contribution in [0.25, 0.3) is 5.57 Å². The van der Waals surface area contributed by atoms with E-state index in [1.165, 1.54) is 5.57 Å². The lowest BCUT2D eigenvalue weighted by atomic mass is 10.1. The van der Waals surface area contributed by atoms with Crippen molar-refractivity contribution in [3.8, 4) is 0 Å². The van der Waals surface area contributed by atoms with Crippen molar-refractivity contribution in [3.63, 3.8) is 0 Å². The Balaban J connectivity index is 3.21. The topological polar surface area (TPSA) is 28.7 Å². The third-order valence-corrected chi connectivity index (χ3v) is 2.44. The Kier molecular flexibility index (Phi) is 2.58. The molecule has 0 aliphatic heterocycles. The Labute approximate surface area is 77.6 Å². The summed E-state index contributed by atoms with van der Waals surface area (Å²) >= 11 is 6.02. The van der Waals surface area contributed by atoms with Gasteiger partial charge in [0.05, 0.1) is 10.7 Å². The van der Waals surface area contributed by atoms with Crippen molar-refractivity contribution in [2.45, 2.75) is 27.7 Å². The van der Waals surface area contributed by atoms with Crippen LogP contribution in [0, 0.1) is 6.92 Å². The predicted molar refractivity (Wildman–Crippen MR) is 52.3 cm³/mol. The molecule has 0 unspecified atom stereocenters. The first kappa shape index (κ1) is 9.33. The van der Waals surface area contributed by atoms with Crippen LogP contribution in [0.3, 0.4) is 0 Å². The number of allylic oxidation sites excluding steroid dienone is 2. The number of rotatable bonds is 1. The van der Waals surface area contributed by atoms with Gasteiger partial charge < -0.3 is 0 Å². The van der Waals surface area contributed by atoms with Crippen LogP contribution in [0.15, 0.2) is 5.57 Å². The van der Waals surface area contributed by atoms with Gasteiger partial charge in [-0.05, 0) is 33.3 Å². The van der Waals surface area contributed by atoms with E-state index in [2.05, 4.69) is 24.0 Å². The van der Waals surface area contributed by atoms with Crippen molar-refractivity contribution >= 4 is 17.2 Å². The van der Waals surface area contributed by atoms with E-state index in [0.29, 0.717) is 0 Å². The van der Waals surface area contributed by atoms with Crippen LogP contribution in [-0.4, -0.2) is 10.2 Å². The van der Waals surface area contributed by atoms with Gasteiger partial charge >= 0.3 is 0 Å². The molecule has 1 N–H and O–H groups in total. The Morgan fingerprint density at radius 3 is 2.25 bits per heavy atom. The summed E-state index contributed by atoms with van der Waals surface area (Å²) in [5.74, 6) is 0. The fraction of sp³-hybridized carbons (Fsp3) is 0.444. The van der Waals surface area contributed by atoms with Gasteiger partial charge in [-0.3, -0.25) is 5.10 Å². The Morgan fingerprint density at radius 1 is 1.33 bits per heavy atom. The Morgan fingerprint density at radius 2 is 1.92 bits per heavy atom. The second-order valence-corrected chi connectivity index (χ2v) is 3.51. The maximum atomic E-state index is 6.02. The van der Waals surface area contributed by atoms with Gasteiger partial charge in [0.1, 0.15) is 5.69 Å². The molecule has 1 aromatic rings. The fourth-order valence-electron chi connectivity index (χ4n) is 0.901. The van der Waals surface area contributed by atoms with E-state index in [9.17, 15) is 0 Å². The first-order chi connectivity index (χ1) is 5.54. The number of nitrogens with zero attached hydrogens (tertiary/aromatic N) is 1. The largest absolute Gasteiger partial charge is 0.281 e. The Bertz CT molecular complexity index is 319. The van der Waals surface area contributed by atoms with E-state index >= 15 is 0 Å². The number of nitrogens with one attached hydrogen (secondary N) is 1. The molecule has 0 spiro atoms. The second-order valence-electron chi connectivity index (χ2n) is 3.14. The van der Waals surface area contributed by atoms with Crippen LogP contribution in [0.1, 0.15) is 32.2 Å². The summed E-state index contributed by atoms with van der Waals surface area (Å²) in [6.07, 6.45) is 0. The summed E-state index contributed by atoms with van der Waals surface area (Å²) in [7, 11) is 0. The molecular formula is C9H13ClN2. The van der Waals surface area contributed by atoms with Gasteiger partial charge in [0.25, 0.3) is 0 Å². The second kappa shape index (κ2) is 3.31. The maximum Gasteiger partial charge on any atom is 0.107 e. The molecule has 0 aliphatic carbocycles. The van der Waals surface area contributed by atoms with Crippen LogP contribution in [-0.2, 0) is 0 Å². The van der Waals surface area contributed by atoms with E-state index in [-0.39, 0.29) is 0 Å². The molecule has 0 radical (unpaired) electrons. The molecule has 0 fully saturated rings. The number of aryl methyl sites for hydroxylation is 1. The van der Waals surface area contributed by atoms with Crippen molar-refractivity contribution in [1.82, 2.24) is 10.2 Å². The Hall–Kier alpha value is -0.760. The third-order valence-electron chi connectivity index (χ3n) is 1.98. The maximum absolute atomic E-state index is 6.02. The SMILES string of the molecule is CC(C)=C(C)c1n[nH]c(C)c1Cl. The van der Waals surface area contributed by atoms with E-state index in [1.54, 1.807) is 0 Å². The van der Waals surface area contributed by atoms with Crippen molar-refractivity contribution in [3.05, 3.63) is 22.0 Å². The first-order valence-corrected chi connectivity index (χ1v) is 4.26. The summed E-state index contributed by atoms with van der Waals surface area (Å²) in [6.45, 7) is 8.04. The predicted octanol–water partition coefficient (Wildman–Crippen LogP) is 3.18. The van der Waals surface area contributed by atoms with Crippen LogP contribution in [0.2, 0.25) is 5.02 Å². The van der Waals surface area contributed by atoms with Gasteiger partial charge in [0.15, 0.2) is 0 Å². The molecule has 1 rings (SSSR count). The molecule has 0 saturated carbocycles. The third kappa shape index (κ3) is 1.53. The molecule has 66 valence electrons. The van der Waals surface area contributed by atoms with Gasteiger partial charge in [-0.15, -0.1) is 0 Å². The summed E-state index contributed by atoms with van der Waals surface area (Å²) < 4.78 is 0. The van der Waals surface area contributed by atoms with Crippen molar-refractivity contribution in [2.24, 2.45) is 0 Å². The van der Waals surface area contributed by atoms with Crippen molar-refractivity contribution < 1.29 is 0 Å². The zero-order chi connectivity index (χ0) is 9.30. The molecule has 0 saturated heterocycles. The number of aromatic amines is 1. The average molecular weight is 185 g/mol. The zero-order valence-electron chi connectivity index (χ0n) is 7.83. The molecule has 3 heteroatoms. The van der Waals surface area contributed by atoms with Crippen molar-refractivity contribution in [1.29, 1.82) is 0 Å². The lowest BCUT2D eigenvalue weighted by Gasteiger charge is -1.99. The zero-order valence-corrected chi connectivity index (χ0v) is 8.58. The highest BCUT2D eigenvalue weighted by atomic mass is 35.5. The van der Waals surface area contributed by atoms with Crippen molar-refractivity contribution in [2.75, 3.05) is 0 Å². The lowest BCUT2D eigenvalue weighted by molar-refractivity contribution is 1.03. The molecule has 1 heterocycles. The van der Waals surface area contributed by atoms with Gasteiger partial charge in [-0.1, -0.05) is 17.2 Å². The van der Waals surface area contributed by atoms with Crippen LogP contribution < -0.4 is 0 Å². The van der Waals surface area contributed by atoms with Crippen LogP contribution in [0.5, 0.6) is 0 Å². The molecule has 0 aromatic carbocycles. The smallest absolute Gasteiger partial charge is 0.107 e. The molecule has 0 atom stereocenters. The van der Waals surface area contributed by atoms with E-state index in [4.69, 9.17) is 11.6 Å². The van der Waals surface area contributed by atoms with Gasteiger partial charge in [0, 0.05) is 0 Å². The number of halogens is 1. The van der Waals surface area contributed by atoms with E-state index < -0.39 is 0 Å². The number of H-pyrrole nitrogens is 1. The molecule has 0 aliphatic rings. The highest BCUT2D eigenvalue weighted by Gasteiger charge is 2.09. The van der Waals surface area contributed by atoms with Gasteiger partial charge in [-0.25, -0.2) is 0 Å². The average Bonchev–Trinajstić information content (AvgIpc) is 2.32. The van der Waals surface area contributed by atoms with Gasteiger partial charge in [0.2, 0.25) is 0 Å². The van der Waals surface area contributed by atoms with Crippen LogP contribution >= 0.6 is 11.6 Å². The number of hydrogen-bond acceptors (Lipinski definition) is 1. The summed E-state index contributed by atoms with van der Waals surface area (Å²) in [5, 5.41) is 7.71. The minimum Gasteiger partial charge on any atom is -0.281 e. The molecule has 0 amide bonds. The standard InChI is InChI=1S/C9H13ClN2/c1-5(2)6(3)9-8(10)7(4)11-12-9/h1-4H3,(H,11,12). The van der Waals surface area contributed by atoms with Gasteiger partial charge in [-0.2, -0.15) is 5.10 Å². The fourth-order valence-corrected chi connectivity index (χ4v) is 1.13. The summed E-state index contributed by atoms with van der Waals surface area (Å²) in [4.78, 5) is 0. The van der Waals surface area contributed by atoms with E-state index in [0.717, 1.165) is 22.0 Å². The van der Waals surface area contributed by atoms with E-state index in [1.807, 2.05) is 13.8 Å². The monoisotopic (exact) mass is 184 g/mol. The summed E-state index contributed by atoms with van der Waals surface area (Å²) in [5.41, 5.74) is 4.18. The molecule has 1 aromatic heterocycles.